The van der Waals surface area contributed by atoms with Gasteiger partial charge in [-0.25, -0.2) is 9.97 Å². The van der Waals surface area contributed by atoms with E-state index in [1.165, 1.54) is 32.8 Å². The van der Waals surface area contributed by atoms with Crippen molar-refractivity contribution < 1.29 is 4.74 Å². The molecule has 0 saturated heterocycles. The van der Waals surface area contributed by atoms with Crippen LogP contribution in [-0.2, 0) is 6.42 Å². The van der Waals surface area contributed by atoms with E-state index in [1.807, 2.05) is 42.5 Å². The van der Waals surface area contributed by atoms with Crippen molar-refractivity contribution in [3.05, 3.63) is 205 Å². The molecule has 3 aromatic heterocycles. The first kappa shape index (κ1) is 34.1. The summed E-state index contributed by atoms with van der Waals surface area (Å²) in [5, 5.41) is 6.85. The highest BCUT2D eigenvalue weighted by molar-refractivity contribution is 6.10. The number of hydrogen-bond donors (Lipinski definition) is 0. The van der Waals surface area contributed by atoms with Crippen molar-refractivity contribution in [2.24, 2.45) is 0 Å². The van der Waals surface area contributed by atoms with Crippen molar-refractivity contribution in [3.8, 4) is 45.5 Å². The van der Waals surface area contributed by atoms with Crippen molar-refractivity contribution in [1.29, 1.82) is 0 Å². The number of ether oxygens (including phenoxy) is 1. The van der Waals surface area contributed by atoms with Gasteiger partial charge in [-0.1, -0.05) is 134 Å². The van der Waals surface area contributed by atoms with Gasteiger partial charge in [0.2, 0.25) is 5.95 Å². The Kier molecular flexibility index (Phi) is 7.69. The first-order chi connectivity index (χ1) is 29.7. The number of aromatic nitrogens is 4. The molecule has 0 saturated carbocycles. The molecule has 0 bridgehead atoms. The fraction of sp³-hybridized carbons (Fsp3) is 0.0182. The molecule has 0 fully saturated rings. The number of fused-ring (bicyclic) bond motifs is 7. The van der Waals surface area contributed by atoms with Crippen LogP contribution in [0.5, 0.6) is 11.5 Å². The molecule has 5 nitrogen and oxygen atoms in total. The smallest absolute Gasteiger partial charge is 0.235 e. The molecular weight excluding hydrogens is 733 g/mol. The van der Waals surface area contributed by atoms with E-state index in [2.05, 4.69) is 167 Å². The second kappa shape index (κ2) is 13.5. The molecule has 282 valence electrons. The van der Waals surface area contributed by atoms with E-state index in [1.54, 1.807) is 0 Å². The van der Waals surface area contributed by atoms with E-state index in [-0.39, 0.29) is 0 Å². The highest BCUT2D eigenvalue weighted by Crippen LogP contribution is 2.45. The van der Waals surface area contributed by atoms with Crippen LogP contribution >= 0.6 is 0 Å². The van der Waals surface area contributed by atoms with Gasteiger partial charge < -0.3 is 9.30 Å². The van der Waals surface area contributed by atoms with E-state index >= 15 is 0 Å². The Bertz CT molecular complexity index is 3560. The van der Waals surface area contributed by atoms with Crippen molar-refractivity contribution >= 4 is 66.5 Å². The van der Waals surface area contributed by atoms with Crippen LogP contribution in [0, 0.1) is 0 Å². The summed E-state index contributed by atoms with van der Waals surface area (Å²) < 4.78 is 10.9. The zero-order chi connectivity index (χ0) is 39.7. The van der Waals surface area contributed by atoms with Gasteiger partial charge >= 0.3 is 0 Å². The maximum Gasteiger partial charge on any atom is 0.235 e. The second-order valence-electron chi connectivity index (χ2n) is 15.4. The lowest BCUT2D eigenvalue weighted by Crippen LogP contribution is -2.06. The molecule has 0 unspecified atom stereocenters. The molecule has 11 aromatic rings. The van der Waals surface area contributed by atoms with Crippen LogP contribution in [0.1, 0.15) is 16.8 Å². The zero-order valence-electron chi connectivity index (χ0n) is 32.6. The number of allylic oxidation sites excluding steroid dienone is 1. The lowest BCUT2D eigenvalue weighted by molar-refractivity contribution is 0.486. The Labute approximate surface area is 346 Å². The van der Waals surface area contributed by atoms with Crippen molar-refractivity contribution in [3.63, 3.8) is 0 Å². The average Bonchev–Trinajstić information content (AvgIpc) is 3.79. The van der Waals surface area contributed by atoms with Crippen LogP contribution in [0.3, 0.4) is 0 Å². The SMILES string of the molecule is C=Cc1c(/C=C\Cc2ccc3c4ccccc4n(-c4nc5c6c(cccc6n4)Oc4ccccc4-5)c3c2)n(-c2ccc(-c3ccccc3)cc2)c2cc3ccccc3cc12. The first-order valence-corrected chi connectivity index (χ1v) is 20.3. The topological polar surface area (TPSA) is 44.9 Å². The number of benzene rings is 8. The Morgan fingerprint density at radius 3 is 2.13 bits per heavy atom. The lowest BCUT2D eigenvalue weighted by atomic mass is 10.0. The van der Waals surface area contributed by atoms with Gasteiger partial charge in [0.15, 0.2) is 0 Å². The van der Waals surface area contributed by atoms with Gasteiger partial charge in [0.25, 0.3) is 0 Å². The van der Waals surface area contributed by atoms with Gasteiger partial charge in [0, 0.05) is 33.0 Å². The van der Waals surface area contributed by atoms with Crippen LogP contribution in [0.4, 0.5) is 0 Å². The largest absolute Gasteiger partial charge is 0.456 e. The summed E-state index contributed by atoms with van der Waals surface area (Å²) >= 11 is 0. The van der Waals surface area contributed by atoms with E-state index in [9.17, 15) is 0 Å². The summed E-state index contributed by atoms with van der Waals surface area (Å²) in [5.41, 5.74) is 12.9. The van der Waals surface area contributed by atoms with Gasteiger partial charge in [-0.05, 0) is 101 Å². The molecule has 5 heteroatoms. The molecule has 12 rings (SSSR count). The van der Waals surface area contributed by atoms with Crippen LogP contribution in [-0.4, -0.2) is 19.1 Å². The summed E-state index contributed by atoms with van der Waals surface area (Å²) in [6.45, 7) is 4.33. The molecule has 0 radical (unpaired) electrons. The van der Waals surface area contributed by atoms with Crippen LogP contribution < -0.4 is 4.74 Å². The Hall–Kier alpha value is -8.02. The minimum atomic E-state index is 0.635. The molecule has 8 aromatic carbocycles. The fourth-order valence-corrected chi connectivity index (χ4v) is 9.16. The Morgan fingerprint density at radius 1 is 0.550 bits per heavy atom. The minimum absolute atomic E-state index is 0.635. The molecule has 60 heavy (non-hydrogen) atoms. The fourth-order valence-electron chi connectivity index (χ4n) is 9.16. The molecule has 1 aliphatic heterocycles. The number of nitrogens with zero attached hydrogens (tertiary/aromatic N) is 4. The van der Waals surface area contributed by atoms with Crippen LogP contribution in [0.15, 0.2) is 189 Å². The standard InChI is InChI=1S/C55H36N4O/c1-2-41-45-33-38-17-6-7-18-39(38)34-50(45)58(40-29-27-37(28-30-40)36-15-4-3-5-16-36)47(41)23-12-14-35-26-31-43-42-19-8-10-22-48(42)59(49(43)32-35)55-56-46-21-13-25-52-53(46)54(57-55)44-20-9-11-24-51(44)60-52/h2-13,15-34H,1,14H2/b23-12-. The highest BCUT2D eigenvalue weighted by atomic mass is 16.5. The van der Waals surface area contributed by atoms with Crippen LogP contribution in [0.25, 0.3) is 101 Å². The first-order valence-electron chi connectivity index (χ1n) is 20.3. The van der Waals surface area contributed by atoms with Gasteiger partial charge in [-0.2, -0.15) is 0 Å². The summed E-state index contributed by atoms with van der Waals surface area (Å²) in [6.07, 6.45) is 7.27. The van der Waals surface area contributed by atoms with Crippen molar-refractivity contribution in [1.82, 2.24) is 19.1 Å². The van der Waals surface area contributed by atoms with Crippen LogP contribution in [0.2, 0.25) is 0 Å². The van der Waals surface area contributed by atoms with Crippen molar-refractivity contribution in [2.75, 3.05) is 0 Å². The Balaban J connectivity index is 0.985. The third kappa shape index (κ3) is 5.33. The molecular formula is C55H36N4O. The monoisotopic (exact) mass is 768 g/mol. The molecule has 4 heterocycles. The molecule has 0 amide bonds. The highest BCUT2D eigenvalue weighted by Gasteiger charge is 2.24. The summed E-state index contributed by atoms with van der Waals surface area (Å²) in [5.74, 6) is 2.21. The number of rotatable bonds is 7. The predicted molar refractivity (Wildman–Crippen MR) is 248 cm³/mol. The third-order valence-corrected chi connectivity index (χ3v) is 12.0. The maximum atomic E-state index is 6.31. The predicted octanol–water partition coefficient (Wildman–Crippen LogP) is 14.2. The summed E-state index contributed by atoms with van der Waals surface area (Å²) in [4.78, 5) is 10.5. The van der Waals surface area contributed by atoms with E-state index in [0.717, 1.165) is 84.3 Å². The van der Waals surface area contributed by atoms with E-state index in [4.69, 9.17) is 14.7 Å². The molecule has 1 aliphatic rings. The average molecular weight is 769 g/mol. The number of para-hydroxylation sites is 2. The summed E-state index contributed by atoms with van der Waals surface area (Å²) in [7, 11) is 0. The van der Waals surface area contributed by atoms with E-state index in [0.29, 0.717) is 5.95 Å². The normalized spacial score (nSPS) is 12.2. The lowest BCUT2D eigenvalue weighted by Gasteiger charge is -2.21. The molecule has 0 atom stereocenters. The quantitative estimate of drug-likeness (QED) is 0.162. The van der Waals surface area contributed by atoms with Gasteiger partial charge in [0.1, 0.15) is 11.5 Å². The van der Waals surface area contributed by atoms with Gasteiger partial charge in [-0.3, -0.25) is 4.57 Å². The van der Waals surface area contributed by atoms with E-state index < -0.39 is 0 Å². The van der Waals surface area contributed by atoms with Gasteiger partial charge in [0.05, 0.1) is 38.8 Å². The Morgan fingerprint density at radius 2 is 1.27 bits per heavy atom. The third-order valence-electron chi connectivity index (χ3n) is 12.0. The molecule has 0 N–H and O–H groups in total. The summed E-state index contributed by atoms with van der Waals surface area (Å²) in [6, 6.07) is 62.1. The number of hydrogen-bond acceptors (Lipinski definition) is 3. The maximum absolute atomic E-state index is 6.31. The second-order valence-corrected chi connectivity index (χ2v) is 15.4. The van der Waals surface area contributed by atoms with Gasteiger partial charge in [-0.15, -0.1) is 0 Å². The molecule has 0 aliphatic carbocycles. The van der Waals surface area contributed by atoms with Crippen molar-refractivity contribution in [2.45, 2.75) is 6.42 Å². The minimum Gasteiger partial charge on any atom is -0.456 e. The molecule has 0 spiro atoms. The zero-order valence-corrected chi connectivity index (χ0v) is 32.6.